The minimum absolute atomic E-state index is 0.0548. The quantitative estimate of drug-likeness (QED) is 0.201. The van der Waals surface area contributed by atoms with Gasteiger partial charge in [0.05, 0.1) is 5.92 Å². The summed E-state index contributed by atoms with van der Waals surface area (Å²) in [5.41, 5.74) is -0.204. The maximum atomic E-state index is 15.0. The van der Waals surface area contributed by atoms with Crippen LogP contribution in [0.1, 0.15) is 42.9 Å². The lowest BCUT2D eigenvalue weighted by molar-refractivity contribution is -0.139. The van der Waals surface area contributed by atoms with Crippen LogP contribution >= 0.6 is 0 Å². The van der Waals surface area contributed by atoms with Crippen molar-refractivity contribution in [3.05, 3.63) is 94.1 Å². The zero-order valence-electron chi connectivity index (χ0n) is 19.5. The minimum atomic E-state index is -1.31. The largest absolute Gasteiger partial charge is 0.423 e. The normalized spacial score (nSPS) is 15.6. The smallest absolute Gasteiger partial charge is 0.314 e. The van der Waals surface area contributed by atoms with Crippen molar-refractivity contribution >= 4 is 11.5 Å². The van der Waals surface area contributed by atoms with E-state index >= 15 is 0 Å². The van der Waals surface area contributed by atoms with Crippen molar-refractivity contribution in [3.63, 3.8) is 0 Å². The second kappa shape index (κ2) is 10.2. The zero-order valence-corrected chi connectivity index (χ0v) is 19.5. The van der Waals surface area contributed by atoms with Crippen molar-refractivity contribution in [2.24, 2.45) is 5.92 Å². The average molecular weight is 504 g/mol. The third-order valence-electron chi connectivity index (χ3n) is 6.46. The summed E-state index contributed by atoms with van der Waals surface area (Å²) in [5, 5.41) is 0. The van der Waals surface area contributed by atoms with E-state index in [9.17, 15) is 31.1 Å². The van der Waals surface area contributed by atoms with Crippen LogP contribution in [0.5, 0.6) is 5.75 Å². The summed E-state index contributed by atoms with van der Waals surface area (Å²) in [4.78, 5) is 12.4. The predicted molar refractivity (Wildman–Crippen MR) is 123 cm³/mol. The highest BCUT2D eigenvalue weighted by atomic mass is 19.2. The van der Waals surface area contributed by atoms with Crippen LogP contribution in [-0.2, 0) is 11.2 Å². The summed E-state index contributed by atoms with van der Waals surface area (Å²) in [6.45, 7) is 3.03. The van der Waals surface area contributed by atoms with Crippen LogP contribution in [0.4, 0.5) is 26.3 Å². The lowest BCUT2D eigenvalue weighted by Crippen LogP contribution is -2.23. The number of benzene rings is 3. The molecule has 36 heavy (non-hydrogen) atoms. The molecule has 0 amide bonds. The SMILES string of the molecule is CCc1ccc(-c2ccc(C3=CCC(C(=O)Oc4ccc(C)c(F)c4F)CC3)c(F)c2F)c(F)c1F. The molecule has 3 aromatic rings. The van der Waals surface area contributed by atoms with Crippen LogP contribution in [0.3, 0.4) is 0 Å². The number of halogens is 6. The molecule has 1 aliphatic rings. The molecule has 0 N–H and O–H groups in total. The molecule has 1 unspecified atom stereocenters. The lowest BCUT2D eigenvalue weighted by atomic mass is 9.86. The van der Waals surface area contributed by atoms with E-state index in [0.29, 0.717) is 5.57 Å². The molecule has 0 heterocycles. The Bertz CT molecular complexity index is 1380. The standard InChI is InChI=1S/C28H22F6O2/c1-3-15-9-10-19(25(32)23(15)30)20-12-11-18(24(31)26(20)33)16-5-7-17(8-6-16)28(35)36-21-13-4-14(2)22(29)27(21)34/h4-5,9-13,17H,3,6-8H2,1-2H3. The van der Waals surface area contributed by atoms with Crippen molar-refractivity contribution in [1.29, 1.82) is 0 Å². The first-order valence-electron chi connectivity index (χ1n) is 11.4. The second-order valence-corrected chi connectivity index (χ2v) is 8.67. The number of ether oxygens (including phenoxy) is 1. The molecular formula is C28H22F6O2. The fraction of sp³-hybridized carbons (Fsp3) is 0.250. The van der Waals surface area contributed by atoms with Gasteiger partial charge in [0.2, 0.25) is 5.82 Å². The maximum Gasteiger partial charge on any atom is 0.314 e. The molecule has 0 fully saturated rings. The van der Waals surface area contributed by atoms with Gasteiger partial charge >= 0.3 is 5.97 Å². The van der Waals surface area contributed by atoms with Gasteiger partial charge in [-0.05, 0) is 55.4 Å². The van der Waals surface area contributed by atoms with Crippen LogP contribution in [0.25, 0.3) is 16.7 Å². The number of aryl methyl sites for hydroxylation is 2. The molecule has 1 atom stereocenters. The van der Waals surface area contributed by atoms with Crippen LogP contribution in [0.2, 0.25) is 0 Å². The molecule has 0 aromatic heterocycles. The number of hydrogen-bond acceptors (Lipinski definition) is 2. The lowest BCUT2D eigenvalue weighted by Gasteiger charge is -2.22. The Balaban J connectivity index is 1.53. The molecule has 2 nitrogen and oxygen atoms in total. The van der Waals surface area contributed by atoms with Gasteiger partial charge in [-0.2, -0.15) is 4.39 Å². The molecule has 1 aliphatic carbocycles. The van der Waals surface area contributed by atoms with Crippen molar-refractivity contribution < 1.29 is 35.9 Å². The Morgan fingerprint density at radius 3 is 2.06 bits per heavy atom. The monoisotopic (exact) mass is 504 g/mol. The van der Waals surface area contributed by atoms with Crippen LogP contribution in [0.15, 0.2) is 42.5 Å². The topological polar surface area (TPSA) is 26.3 Å². The maximum absolute atomic E-state index is 15.0. The van der Waals surface area contributed by atoms with Gasteiger partial charge in [0.25, 0.3) is 0 Å². The number of carbonyl (C=O) groups excluding carboxylic acids is 1. The van der Waals surface area contributed by atoms with Crippen LogP contribution in [0, 0.1) is 47.7 Å². The van der Waals surface area contributed by atoms with Crippen LogP contribution < -0.4 is 4.74 Å². The molecule has 0 radical (unpaired) electrons. The Labute approximate surface area is 204 Å². The number of rotatable bonds is 5. The van der Waals surface area contributed by atoms with E-state index in [1.165, 1.54) is 43.3 Å². The average Bonchev–Trinajstić information content (AvgIpc) is 2.88. The van der Waals surface area contributed by atoms with Crippen molar-refractivity contribution in [2.75, 3.05) is 0 Å². The summed E-state index contributed by atoms with van der Waals surface area (Å²) in [7, 11) is 0. The van der Waals surface area contributed by atoms with Gasteiger partial charge in [-0.3, -0.25) is 4.79 Å². The molecule has 188 valence electrons. The summed E-state index contributed by atoms with van der Waals surface area (Å²) in [6.07, 6.45) is 2.31. The first-order chi connectivity index (χ1) is 17.1. The first kappa shape index (κ1) is 25.5. The van der Waals surface area contributed by atoms with Gasteiger partial charge in [0, 0.05) is 16.7 Å². The Kier molecular flexibility index (Phi) is 7.24. The molecular weight excluding hydrogens is 482 g/mol. The number of allylic oxidation sites excluding steroid dienone is 2. The molecule has 8 heteroatoms. The molecule has 0 aliphatic heterocycles. The van der Waals surface area contributed by atoms with Gasteiger partial charge in [-0.15, -0.1) is 0 Å². The van der Waals surface area contributed by atoms with E-state index in [1.807, 2.05) is 0 Å². The van der Waals surface area contributed by atoms with E-state index < -0.39 is 58.1 Å². The van der Waals surface area contributed by atoms with Gasteiger partial charge in [-0.25, -0.2) is 22.0 Å². The number of carbonyl (C=O) groups is 1. The molecule has 0 saturated heterocycles. The second-order valence-electron chi connectivity index (χ2n) is 8.67. The zero-order chi connectivity index (χ0) is 26.1. The van der Waals surface area contributed by atoms with Gasteiger partial charge in [0.1, 0.15) is 0 Å². The minimum Gasteiger partial charge on any atom is -0.423 e. The summed E-state index contributed by atoms with van der Waals surface area (Å²) >= 11 is 0. The van der Waals surface area contributed by atoms with Gasteiger partial charge in [0.15, 0.2) is 34.8 Å². The van der Waals surface area contributed by atoms with Crippen molar-refractivity contribution in [3.8, 4) is 16.9 Å². The third kappa shape index (κ3) is 4.64. The van der Waals surface area contributed by atoms with E-state index in [4.69, 9.17) is 4.74 Å². The van der Waals surface area contributed by atoms with Crippen molar-refractivity contribution in [1.82, 2.24) is 0 Å². The Morgan fingerprint density at radius 2 is 1.42 bits per heavy atom. The molecule has 0 saturated carbocycles. The van der Waals surface area contributed by atoms with Gasteiger partial charge in [-0.1, -0.05) is 43.3 Å². The third-order valence-corrected chi connectivity index (χ3v) is 6.46. The number of esters is 1. The van der Waals surface area contributed by atoms with E-state index in [1.54, 1.807) is 13.0 Å². The van der Waals surface area contributed by atoms with E-state index in [-0.39, 0.29) is 47.9 Å². The fourth-order valence-corrected chi connectivity index (χ4v) is 4.27. The molecule has 0 spiro atoms. The molecule has 3 aromatic carbocycles. The molecule has 4 rings (SSSR count). The van der Waals surface area contributed by atoms with E-state index in [0.717, 1.165) is 0 Å². The summed E-state index contributed by atoms with van der Waals surface area (Å²) in [5.74, 6) is -9.18. The highest BCUT2D eigenvalue weighted by Gasteiger charge is 2.28. The Hall–Kier alpha value is -3.55. The van der Waals surface area contributed by atoms with Crippen molar-refractivity contribution in [2.45, 2.75) is 39.5 Å². The Morgan fingerprint density at radius 1 is 0.806 bits per heavy atom. The highest BCUT2D eigenvalue weighted by molar-refractivity contribution is 5.78. The number of hydrogen-bond donors (Lipinski definition) is 0. The summed E-state index contributed by atoms with van der Waals surface area (Å²) in [6, 6.07) is 7.48. The van der Waals surface area contributed by atoms with E-state index in [2.05, 4.69) is 0 Å². The van der Waals surface area contributed by atoms with Gasteiger partial charge < -0.3 is 4.74 Å². The van der Waals surface area contributed by atoms with Crippen LogP contribution in [-0.4, -0.2) is 5.97 Å². The first-order valence-corrected chi connectivity index (χ1v) is 11.4. The predicted octanol–water partition coefficient (Wildman–Crippen LogP) is 7.85. The fourth-order valence-electron chi connectivity index (χ4n) is 4.27. The highest BCUT2D eigenvalue weighted by Crippen LogP contribution is 2.37. The molecule has 0 bridgehead atoms. The summed E-state index contributed by atoms with van der Waals surface area (Å²) < 4.78 is 91.3.